The standard InChI is InChI=1S/C8H9NO4/c1-12-8(11)2-5-4-9-6(10)3-7(9)13-5/h2,7H,3-4H2,1H3/b5-2-. The maximum absolute atomic E-state index is 10.9. The molecule has 0 N–H and O–H groups in total. The van der Waals surface area contributed by atoms with Gasteiger partial charge in [-0.25, -0.2) is 4.79 Å². The molecule has 0 spiro atoms. The molecule has 5 nitrogen and oxygen atoms in total. The Morgan fingerprint density at radius 3 is 3.08 bits per heavy atom. The zero-order chi connectivity index (χ0) is 9.42. The Hall–Kier alpha value is -1.52. The van der Waals surface area contributed by atoms with Crippen molar-refractivity contribution in [3.63, 3.8) is 0 Å². The van der Waals surface area contributed by atoms with E-state index in [1.165, 1.54) is 13.2 Å². The third-order valence-corrected chi connectivity index (χ3v) is 2.11. The van der Waals surface area contributed by atoms with Crippen LogP contribution in [0.5, 0.6) is 0 Å². The molecule has 13 heavy (non-hydrogen) atoms. The van der Waals surface area contributed by atoms with E-state index in [-0.39, 0.29) is 12.1 Å². The van der Waals surface area contributed by atoms with Crippen molar-refractivity contribution in [2.75, 3.05) is 13.7 Å². The van der Waals surface area contributed by atoms with Gasteiger partial charge in [0.15, 0.2) is 6.23 Å². The van der Waals surface area contributed by atoms with Gasteiger partial charge in [-0.15, -0.1) is 0 Å². The molecule has 2 saturated heterocycles. The summed E-state index contributed by atoms with van der Waals surface area (Å²) in [6.45, 7) is 0.388. The number of amides is 1. The van der Waals surface area contributed by atoms with Crippen LogP contribution >= 0.6 is 0 Å². The van der Waals surface area contributed by atoms with Crippen molar-refractivity contribution >= 4 is 11.9 Å². The van der Waals surface area contributed by atoms with Gasteiger partial charge in [-0.05, 0) is 0 Å². The van der Waals surface area contributed by atoms with Crippen LogP contribution in [-0.4, -0.2) is 36.7 Å². The molecule has 0 radical (unpaired) electrons. The van der Waals surface area contributed by atoms with Crippen molar-refractivity contribution < 1.29 is 19.1 Å². The molecular formula is C8H9NO4. The summed E-state index contributed by atoms with van der Waals surface area (Å²) >= 11 is 0. The largest absolute Gasteiger partial charge is 0.472 e. The van der Waals surface area contributed by atoms with Crippen LogP contribution in [0.15, 0.2) is 11.8 Å². The van der Waals surface area contributed by atoms with Crippen molar-refractivity contribution in [3.05, 3.63) is 11.8 Å². The van der Waals surface area contributed by atoms with Crippen molar-refractivity contribution in [3.8, 4) is 0 Å². The smallest absolute Gasteiger partial charge is 0.333 e. The topological polar surface area (TPSA) is 55.8 Å². The molecule has 2 heterocycles. The highest BCUT2D eigenvalue weighted by Crippen LogP contribution is 2.30. The van der Waals surface area contributed by atoms with E-state index in [4.69, 9.17) is 4.74 Å². The highest BCUT2D eigenvalue weighted by molar-refractivity contribution is 5.85. The number of fused-ring (bicyclic) bond motifs is 1. The Bertz CT molecular complexity index is 297. The zero-order valence-corrected chi connectivity index (χ0v) is 7.15. The number of β-lactam (4-membered cyclic amide) rings is 1. The second kappa shape index (κ2) is 2.76. The quantitative estimate of drug-likeness (QED) is 0.316. The van der Waals surface area contributed by atoms with Gasteiger partial charge in [0.1, 0.15) is 5.76 Å². The molecule has 0 aromatic carbocycles. The second-order valence-electron chi connectivity index (χ2n) is 2.93. The van der Waals surface area contributed by atoms with Gasteiger partial charge in [0.2, 0.25) is 5.91 Å². The van der Waals surface area contributed by atoms with Gasteiger partial charge in [-0.3, -0.25) is 9.69 Å². The first-order valence-corrected chi connectivity index (χ1v) is 3.95. The number of esters is 1. The minimum atomic E-state index is -0.454. The first-order valence-electron chi connectivity index (χ1n) is 3.95. The van der Waals surface area contributed by atoms with Crippen molar-refractivity contribution in [2.24, 2.45) is 0 Å². The molecular weight excluding hydrogens is 174 g/mol. The van der Waals surface area contributed by atoms with Crippen LogP contribution in [0.3, 0.4) is 0 Å². The van der Waals surface area contributed by atoms with E-state index in [1.54, 1.807) is 4.90 Å². The number of hydrogen-bond donors (Lipinski definition) is 0. The van der Waals surface area contributed by atoms with Gasteiger partial charge in [0, 0.05) is 0 Å². The summed E-state index contributed by atoms with van der Waals surface area (Å²) in [5.41, 5.74) is 0. The first kappa shape index (κ1) is 8.10. The number of nitrogens with zero attached hydrogens (tertiary/aromatic N) is 1. The summed E-state index contributed by atoms with van der Waals surface area (Å²) in [6.07, 6.45) is 1.54. The zero-order valence-electron chi connectivity index (χ0n) is 7.15. The number of rotatable bonds is 1. The Kier molecular flexibility index (Phi) is 1.72. The van der Waals surface area contributed by atoms with Crippen LogP contribution in [0.4, 0.5) is 0 Å². The molecule has 2 aliphatic rings. The summed E-state index contributed by atoms with van der Waals surface area (Å²) in [4.78, 5) is 23.3. The summed E-state index contributed by atoms with van der Waals surface area (Å²) in [6, 6.07) is 0. The summed E-state index contributed by atoms with van der Waals surface area (Å²) in [5.74, 6) is 0.117. The fourth-order valence-electron chi connectivity index (χ4n) is 1.37. The van der Waals surface area contributed by atoms with E-state index in [2.05, 4.69) is 4.74 Å². The molecule has 1 unspecified atom stereocenters. The van der Waals surface area contributed by atoms with E-state index in [0.29, 0.717) is 18.7 Å². The molecule has 1 atom stereocenters. The highest BCUT2D eigenvalue weighted by atomic mass is 16.5. The summed E-state index contributed by atoms with van der Waals surface area (Å²) < 4.78 is 9.70. The number of hydrogen-bond acceptors (Lipinski definition) is 4. The fraction of sp³-hybridized carbons (Fsp3) is 0.500. The average Bonchev–Trinajstić information content (AvgIpc) is 2.42. The van der Waals surface area contributed by atoms with E-state index in [0.717, 1.165) is 0 Å². The lowest BCUT2D eigenvalue weighted by molar-refractivity contribution is -0.154. The molecule has 0 aliphatic carbocycles. The summed E-state index contributed by atoms with van der Waals surface area (Å²) in [7, 11) is 1.30. The van der Waals surface area contributed by atoms with Gasteiger partial charge in [-0.2, -0.15) is 0 Å². The van der Waals surface area contributed by atoms with Gasteiger partial charge in [0.05, 0.1) is 26.2 Å². The first-order chi connectivity index (χ1) is 6.20. The minimum Gasteiger partial charge on any atom is -0.472 e. The lowest BCUT2D eigenvalue weighted by atomic mass is 10.2. The monoisotopic (exact) mass is 183 g/mol. The molecule has 5 heteroatoms. The summed E-state index contributed by atoms with van der Waals surface area (Å²) in [5, 5.41) is 0. The van der Waals surface area contributed by atoms with E-state index in [1.807, 2.05) is 0 Å². The lowest BCUT2D eigenvalue weighted by Crippen LogP contribution is -2.48. The predicted octanol–water partition coefficient (Wildman–Crippen LogP) is -0.368. The molecule has 0 aromatic rings. The van der Waals surface area contributed by atoms with Crippen molar-refractivity contribution in [1.29, 1.82) is 0 Å². The van der Waals surface area contributed by atoms with Gasteiger partial charge < -0.3 is 9.47 Å². The Labute approximate surface area is 74.9 Å². The Morgan fingerprint density at radius 2 is 2.54 bits per heavy atom. The Morgan fingerprint density at radius 1 is 1.77 bits per heavy atom. The third kappa shape index (κ3) is 1.26. The second-order valence-corrected chi connectivity index (χ2v) is 2.93. The van der Waals surface area contributed by atoms with Crippen molar-refractivity contribution in [1.82, 2.24) is 4.90 Å². The molecule has 0 saturated carbocycles. The number of methoxy groups -OCH3 is 1. The van der Waals surface area contributed by atoms with Gasteiger partial charge in [0.25, 0.3) is 0 Å². The van der Waals surface area contributed by atoms with Crippen LogP contribution in [0.1, 0.15) is 6.42 Å². The molecule has 2 aliphatic heterocycles. The Balaban J connectivity index is 2.02. The van der Waals surface area contributed by atoms with E-state index in [9.17, 15) is 9.59 Å². The normalized spacial score (nSPS) is 28.1. The van der Waals surface area contributed by atoms with Crippen LogP contribution in [0.25, 0.3) is 0 Å². The lowest BCUT2D eigenvalue weighted by Gasteiger charge is -2.30. The fourth-order valence-corrected chi connectivity index (χ4v) is 1.37. The highest BCUT2D eigenvalue weighted by Gasteiger charge is 2.43. The third-order valence-electron chi connectivity index (χ3n) is 2.11. The van der Waals surface area contributed by atoms with E-state index < -0.39 is 5.97 Å². The minimum absolute atomic E-state index is 0.0678. The van der Waals surface area contributed by atoms with Gasteiger partial charge >= 0.3 is 5.97 Å². The number of carbonyl (C=O) groups is 2. The molecule has 0 aromatic heterocycles. The number of carbonyl (C=O) groups excluding carboxylic acids is 2. The maximum atomic E-state index is 10.9. The van der Waals surface area contributed by atoms with Crippen LogP contribution in [-0.2, 0) is 19.1 Å². The molecule has 2 fully saturated rings. The predicted molar refractivity (Wildman–Crippen MR) is 41.3 cm³/mol. The van der Waals surface area contributed by atoms with E-state index >= 15 is 0 Å². The van der Waals surface area contributed by atoms with Gasteiger partial charge in [-0.1, -0.05) is 0 Å². The van der Waals surface area contributed by atoms with Crippen LogP contribution < -0.4 is 0 Å². The molecule has 2 rings (SSSR count). The maximum Gasteiger partial charge on any atom is 0.333 e. The van der Waals surface area contributed by atoms with Crippen LogP contribution in [0.2, 0.25) is 0 Å². The van der Waals surface area contributed by atoms with Crippen LogP contribution in [0, 0.1) is 0 Å². The molecule has 1 amide bonds. The molecule has 70 valence electrons. The van der Waals surface area contributed by atoms with Crippen molar-refractivity contribution in [2.45, 2.75) is 12.6 Å². The SMILES string of the molecule is COC(=O)/C=C1/CN2C(=O)CC2O1. The number of ether oxygens (including phenoxy) is 2. The molecule has 0 bridgehead atoms. The average molecular weight is 183 g/mol.